The van der Waals surface area contributed by atoms with Crippen molar-refractivity contribution < 1.29 is 4.79 Å². The summed E-state index contributed by atoms with van der Waals surface area (Å²) in [7, 11) is 6.28. The molecule has 3 aliphatic rings. The van der Waals surface area contributed by atoms with Gasteiger partial charge >= 0.3 is 0 Å². The van der Waals surface area contributed by atoms with Gasteiger partial charge in [0, 0.05) is 31.7 Å². The van der Waals surface area contributed by atoms with Crippen molar-refractivity contribution in [1.82, 2.24) is 14.7 Å². The first kappa shape index (κ1) is 14.8. The fourth-order valence-electron chi connectivity index (χ4n) is 3.65. The summed E-state index contributed by atoms with van der Waals surface area (Å²) in [4.78, 5) is 19.5. The lowest BCUT2D eigenvalue weighted by Crippen LogP contribution is -2.70. The first-order chi connectivity index (χ1) is 8.88. The topological polar surface area (TPSA) is 26.8 Å². The van der Waals surface area contributed by atoms with E-state index >= 15 is 0 Å². The molecule has 3 unspecified atom stereocenters. The van der Waals surface area contributed by atoms with Crippen LogP contribution in [0.2, 0.25) is 0 Å². The summed E-state index contributed by atoms with van der Waals surface area (Å²) in [6.07, 6.45) is 2.22. The number of nitrogens with zero attached hydrogens (tertiary/aromatic N) is 3. The number of rotatable bonds is 5. The van der Waals surface area contributed by atoms with Crippen molar-refractivity contribution in [1.29, 1.82) is 0 Å². The molecule has 1 amide bonds. The first-order valence-corrected chi connectivity index (χ1v) is 7.54. The highest BCUT2D eigenvalue weighted by atomic mass is 16.2. The number of amides is 1. The van der Waals surface area contributed by atoms with Crippen LogP contribution in [0, 0.1) is 11.8 Å². The van der Waals surface area contributed by atoms with Crippen LogP contribution in [0.5, 0.6) is 0 Å². The quantitative estimate of drug-likeness (QED) is 0.747. The van der Waals surface area contributed by atoms with E-state index in [1.54, 1.807) is 0 Å². The predicted molar refractivity (Wildman–Crippen MR) is 78.0 cm³/mol. The van der Waals surface area contributed by atoms with Gasteiger partial charge in [0.2, 0.25) is 5.91 Å². The maximum Gasteiger partial charge on any atom is 0.227 e. The summed E-state index contributed by atoms with van der Waals surface area (Å²) in [5.41, 5.74) is 0. The van der Waals surface area contributed by atoms with Gasteiger partial charge in [-0.3, -0.25) is 4.79 Å². The predicted octanol–water partition coefficient (Wildman–Crippen LogP) is 1.13. The maximum absolute atomic E-state index is 12.8. The van der Waals surface area contributed by atoms with Gasteiger partial charge in [0.15, 0.2) is 0 Å². The minimum atomic E-state index is 0.170. The molecule has 0 saturated carbocycles. The summed E-state index contributed by atoms with van der Waals surface area (Å²) in [6, 6.07) is 0.959. The van der Waals surface area contributed by atoms with Crippen molar-refractivity contribution in [3.05, 3.63) is 0 Å². The van der Waals surface area contributed by atoms with E-state index < -0.39 is 0 Å². The zero-order chi connectivity index (χ0) is 14.2. The van der Waals surface area contributed by atoms with E-state index in [0.29, 0.717) is 23.9 Å². The summed E-state index contributed by atoms with van der Waals surface area (Å²) < 4.78 is 0. The standard InChI is InChI=1S/C15H29N3O/c1-11(2)6-12(8-16(3)4)15(19)18-13-7-14(18)10-17(5)9-13/h11-14H,6-10H2,1-5H3. The Balaban J connectivity index is 1.99. The number of hydrogen-bond donors (Lipinski definition) is 0. The maximum atomic E-state index is 12.8. The third-order valence-corrected chi connectivity index (χ3v) is 4.32. The molecule has 110 valence electrons. The van der Waals surface area contributed by atoms with Gasteiger partial charge < -0.3 is 14.7 Å². The van der Waals surface area contributed by atoms with Crippen LogP contribution in [0.3, 0.4) is 0 Å². The molecule has 0 aromatic heterocycles. The summed E-state index contributed by atoms with van der Waals surface area (Å²) >= 11 is 0. The van der Waals surface area contributed by atoms with Crippen molar-refractivity contribution in [2.24, 2.45) is 11.8 Å². The minimum absolute atomic E-state index is 0.170. The molecule has 3 fully saturated rings. The van der Waals surface area contributed by atoms with E-state index in [1.165, 1.54) is 6.42 Å². The third kappa shape index (κ3) is 3.29. The lowest BCUT2D eigenvalue weighted by molar-refractivity contribution is -0.158. The van der Waals surface area contributed by atoms with Gasteiger partial charge in [-0.25, -0.2) is 0 Å². The monoisotopic (exact) mass is 267 g/mol. The van der Waals surface area contributed by atoms with Gasteiger partial charge in [-0.1, -0.05) is 13.8 Å². The highest BCUT2D eigenvalue weighted by Gasteiger charge is 2.47. The normalized spacial score (nSPS) is 28.7. The van der Waals surface area contributed by atoms with Crippen molar-refractivity contribution in [2.75, 3.05) is 40.8 Å². The highest BCUT2D eigenvalue weighted by molar-refractivity contribution is 5.81. The van der Waals surface area contributed by atoms with E-state index in [-0.39, 0.29) is 5.92 Å². The second-order valence-corrected chi connectivity index (χ2v) is 7.10. The molecule has 3 rings (SSSR count). The lowest BCUT2D eigenvalue weighted by Gasteiger charge is -2.56. The van der Waals surface area contributed by atoms with Gasteiger partial charge in [0.05, 0.1) is 5.92 Å². The van der Waals surface area contributed by atoms with Gasteiger partial charge in [-0.05, 0) is 39.9 Å². The molecule has 3 saturated heterocycles. The van der Waals surface area contributed by atoms with E-state index in [2.05, 4.69) is 49.7 Å². The molecule has 0 N–H and O–H groups in total. The zero-order valence-corrected chi connectivity index (χ0v) is 13.1. The molecule has 19 heavy (non-hydrogen) atoms. The summed E-state index contributed by atoms with van der Waals surface area (Å²) in [5.74, 6) is 1.15. The van der Waals surface area contributed by atoms with Crippen molar-refractivity contribution in [2.45, 2.75) is 38.8 Å². The number of hydrogen-bond acceptors (Lipinski definition) is 3. The fourth-order valence-corrected chi connectivity index (χ4v) is 3.65. The van der Waals surface area contributed by atoms with Crippen LogP contribution in [0.25, 0.3) is 0 Å². The molecule has 2 bridgehead atoms. The van der Waals surface area contributed by atoms with Crippen LogP contribution in [-0.2, 0) is 4.79 Å². The Labute approximate surface area is 117 Å². The van der Waals surface area contributed by atoms with Gasteiger partial charge in [-0.15, -0.1) is 0 Å². The average Bonchev–Trinajstić information content (AvgIpc) is 2.26. The molecular formula is C15H29N3O. The Morgan fingerprint density at radius 3 is 2.32 bits per heavy atom. The number of carbonyl (C=O) groups excluding carboxylic acids is 1. The highest BCUT2D eigenvalue weighted by Crippen LogP contribution is 2.34. The second kappa shape index (κ2) is 5.80. The van der Waals surface area contributed by atoms with Gasteiger partial charge in [0.25, 0.3) is 0 Å². The summed E-state index contributed by atoms with van der Waals surface area (Å²) in [6.45, 7) is 7.40. The number of carbonyl (C=O) groups is 1. The number of piperazine rings is 1. The van der Waals surface area contributed by atoms with Crippen LogP contribution in [0.4, 0.5) is 0 Å². The van der Waals surface area contributed by atoms with Crippen molar-refractivity contribution in [3.8, 4) is 0 Å². The molecule has 3 heterocycles. The van der Waals surface area contributed by atoms with Crippen LogP contribution in [0.1, 0.15) is 26.7 Å². The number of likely N-dealkylation sites (N-methyl/N-ethyl adjacent to an activating group) is 1. The zero-order valence-electron chi connectivity index (χ0n) is 13.1. The van der Waals surface area contributed by atoms with Crippen LogP contribution < -0.4 is 0 Å². The van der Waals surface area contributed by atoms with Crippen LogP contribution >= 0.6 is 0 Å². The van der Waals surface area contributed by atoms with Gasteiger partial charge in [-0.2, -0.15) is 0 Å². The Morgan fingerprint density at radius 2 is 1.84 bits per heavy atom. The molecular weight excluding hydrogens is 238 g/mol. The van der Waals surface area contributed by atoms with E-state index in [4.69, 9.17) is 0 Å². The molecule has 0 aromatic carbocycles. The molecule has 4 heteroatoms. The Morgan fingerprint density at radius 1 is 1.26 bits per heavy atom. The molecule has 0 radical (unpaired) electrons. The van der Waals surface area contributed by atoms with Crippen molar-refractivity contribution >= 4 is 5.91 Å². The third-order valence-electron chi connectivity index (χ3n) is 4.32. The lowest BCUT2D eigenvalue weighted by atomic mass is 9.84. The molecule has 0 spiro atoms. The Kier molecular flexibility index (Phi) is 4.51. The smallest absolute Gasteiger partial charge is 0.227 e. The van der Waals surface area contributed by atoms with Crippen LogP contribution in [0.15, 0.2) is 0 Å². The van der Waals surface area contributed by atoms with Crippen molar-refractivity contribution in [3.63, 3.8) is 0 Å². The molecule has 0 aliphatic carbocycles. The van der Waals surface area contributed by atoms with E-state index in [9.17, 15) is 4.79 Å². The fraction of sp³-hybridized carbons (Fsp3) is 0.933. The van der Waals surface area contributed by atoms with E-state index in [0.717, 1.165) is 26.1 Å². The summed E-state index contributed by atoms with van der Waals surface area (Å²) in [5, 5.41) is 0. The number of fused-ring (bicyclic) bond motifs is 2. The molecule has 0 aromatic rings. The van der Waals surface area contributed by atoms with Crippen LogP contribution in [-0.4, -0.2) is 73.5 Å². The van der Waals surface area contributed by atoms with Gasteiger partial charge in [0.1, 0.15) is 0 Å². The van der Waals surface area contributed by atoms with E-state index in [1.807, 2.05) is 0 Å². The Bertz CT molecular complexity index is 307. The average molecular weight is 267 g/mol. The molecule has 3 aliphatic heterocycles. The second-order valence-electron chi connectivity index (χ2n) is 7.10. The minimum Gasteiger partial charge on any atom is -0.334 e. The Hall–Kier alpha value is -0.610. The molecule has 4 nitrogen and oxygen atoms in total. The SMILES string of the molecule is CC(C)CC(CN(C)C)C(=O)N1C2CC1CN(C)C2. The molecule has 3 atom stereocenters. The number of piperidine rings is 1. The first-order valence-electron chi connectivity index (χ1n) is 7.54. The largest absolute Gasteiger partial charge is 0.334 e.